The number of hydrogen-bond acceptors (Lipinski definition) is 6. The van der Waals surface area contributed by atoms with E-state index >= 15 is 0 Å². The van der Waals surface area contributed by atoms with Crippen molar-refractivity contribution < 1.29 is 36.3 Å². The molecule has 3 N–H and O–H groups in total. The maximum absolute atomic E-state index is 12.6. The standard InChI is InChI=1S/C27H29N3O3S.C2HF3O2/c1-34(32,33)26-10-4-9-23(13-26)27(31)29-15-19-5-2-7-21(11-19)22-8-3-6-20(12-22)17-30-18-24-14-25(30)16-28-24;3-2(4,5)1(6)7/h2-13,24-25,28H,14-18H2,1H3,(H,29,31);(H,6,7)/t24-,25-;/m0./s1. The van der Waals surface area contributed by atoms with Gasteiger partial charge in [-0.2, -0.15) is 13.2 Å². The fraction of sp³-hybridized carbons (Fsp3) is 0.310. The van der Waals surface area contributed by atoms with Gasteiger partial charge in [0, 0.05) is 50.1 Å². The Hall–Kier alpha value is -3.74. The van der Waals surface area contributed by atoms with Crippen LogP contribution in [0.15, 0.2) is 77.7 Å². The molecule has 8 nitrogen and oxygen atoms in total. The van der Waals surface area contributed by atoms with Gasteiger partial charge in [-0.15, -0.1) is 0 Å². The molecule has 5 rings (SSSR count). The second kappa shape index (κ2) is 12.4. The van der Waals surface area contributed by atoms with Crippen LogP contribution in [0.25, 0.3) is 11.1 Å². The number of carboxylic acid groups (broad SMARTS) is 1. The summed E-state index contributed by atoms with van der Waals surface area (Å²) in [7, 11) is -3.36. The highest BCUT2D eigenvalue weighted by Gasteiger charge is 2.38. The minimum Gasteiger partial charge on any atom is -0.475 e. The van der Waals surface area contributed by atoms with Gasteiger partial charge in [0.2, 0.25) is 0 Å². The number of sulfone groups is 1. The van der Waals surface area contributed by atoms with Crippen LogP contribution in [0.3, 0.4) is 0 Å². The molecule has 0 aliphatic carbocycles. The van der Waals surface area contributed by atoms with Gasteiger partial charge in [0.15, 0.2) is 9.84 Å². The number of carbonyl (C=O) groups is 2. The number of alkyl halides is 3. The van der Waals surface area contributed by atoms with Crippen molar-refractivity contribution >= 4 is 21.7 Å². The number of aliphatic carboxylic acids is 1. The minimum absolute atomic E-state index is 0.139. The van der Waals surface area contributed by atoms with Crippen molar-refractivity contribution in [3.63, 3.8) is 0 Å². The highest BCUT2D eigenvalue weighted by Crippen LogP contribution is 2.27. The second-order valence-electron chi connectivity index (χ2n) is 10.1. The number of likely N-dealkylation sites (tertiary alicyclic amines) is 1. The number of carboxylic acids is 1. The summed E-state index contributed by atoms with van der Waals surface area (Å²) in [5.41, 5.74) is 4.90. The van der Waals surface area contributed by atoms with Crippen molar-refractivity contribution in [1.82, 2.24) is 15.5 Å². The Morgan fingerprint density at radius 3 is 2.17 bits per heavy atom. The molecule has 0 saturated carbocycles. The van der Waals surface area contributed by atoms with Crippen LogP contribution in [0, 0.1) is 0 Å². The lowest BCUT2D eigenvalue weighted by atomic mass is 10.0. The number of fused-ring (bicyclic) bond motifs is 2. The second-order valence-corrected chi connectivity index (χ2v) is 12.1. The first-order chi connectivity index (χ1) is 19.3. The molecule has 1 amide bonds. The molecule has 2 fully saturated rings. The third-order valence-electron chi connectivity index (χ3n) is 6.96. The van der Waals surface area contributed by atoms with E-state index in [1.54, 1.807) is 12.1 Å². The molecule has 2 aliphatic heterocycles. The predicted molar refractivity (Wildman–Crippen MR) is 147 cm³/mol. The lowest BCUT2D eigenvalue weighted by Gasteiger charge is -2.27. The third-order valence-corrected chi connectivity index (χ3v) is 8.07. The first-order valence-corrected chi connectivity index (χ1v) is 14.7. The summed E-state index contributed by atoms with van der Waals surface area (Å²) in [6.45, 7) is 3.55. The number of halogens is 3. The monoisotopic (exact) mass is 589 g/mol. The number of piperazine rings is 1. The van der Waals surface area contributed by atoms with Gasteiger partial charge in [-0.05, 0) is 59.0 Å². The summed E-state index contributed by atoms with van der Waals surface area (Å²) >= 11 is 0. The summed E-state index contributed by atoms with van der Waals surface area (Å²) in [6, 6.07) is 24.2. The highest BCUT2D eigenvalue weighted by atomic mass is 32.2. The molecule has 12 heteroatoms. The van der Waals surface area contributed by atoms with Gasteiger partial charge >= 0.3 is 12.1 Å². The molecule has 218 valence electrons. The topological polar surface area (TPSA) is 116 Å². The summed E-state index contributed by atoms with van der Waals surface area (Å²) in [5, 5.41) is 13.6. The molecule has 41 heavy (non-hydrogen) atoms. The normalized spacial score (nSPS) is 18.4. The van der Waals surface area contributed by atoms with Gasteiger partial charge in [0.05, 0.1) is 4.90 Å². The van der Waals surface area contributed by atoms with Crippen LogP contribution < -0.4 is 10.6 Å². The largest absolute Gasteiger partial charge is 0.490 e. The molecule has 0 unspecified atom stereocenters. The van der Waals surface area contributed by atoms with E-state index in [2.05, 4.69) is 51.9 Å². The Labute approximate surface area is 236 Å². The van der Waals surface area contributed by atoms with E-state index < -0.39 is 22.0 Å². The predicted octanol–water partition coefficient (Wildman–Crippen LogP) is 3.87. The zero-order chi connectivity index (χ0) is 29.8. The molecule has 2 atom stereocenters. The third kappa shape index (κ3) is 8.15. The molecule has 2 aliphatic rings. The van der Waals surface area contributed by atoms with Crippen molar-refractivity contribution in [2.75, 3.05) is 19.3 Å². The van der Waals surface area contributed by atoms with Gasteiger partial charge in [-0.1, -0.05) is 42.5 Å². The molecule has 0 spiro atoms. The number of nitrogens with zero attached hydrogens (tertiary/aromatic N) is 1. The first-order valence-electron chi connectivity index (χ1n) is 12.8. The van der Waals surface area contributed by atoms with E-state index in [1.807, 2.05) is 12.1 Å². The molecule has 3 aromatic carbocycles. The molecule has 0 aromatic heterocycles. The lowest BCUT2D eigenvalue weighted by Crippen LogP contribution is -2.42. The lowest BCUT2D eigenvalue weighted by molar-refractivity contribution is -0.192. The molecule has 0 radical (unpaired) electrons. The van der Waals surface area contributed by atoms with E-state index in [0.717, 1.165) is 42.6 Å². The van der Waals surface area contributed by atoms with Gasteiger partial charge in [0.1, 0.15) is 0 Å². The Bertz CT molecular complexity index is 1530. The van der Waals surface area contributed by atoms with Crippen molar-refractivity contribution in [3.8, 4) is 11.1 Å². The van der Waals surface area contributed by atoms with Crippen LogP contribution in [-0.4, -0.2) is 67.9 Å². The van der Waals surface area contributed by atoms with Crippen molar-refractivity contribution in [1.29, 1.82) is 0 Å². The van der Waals surface area contributed by atoms with E-state index in [4.69, 9.17) is 9.90 Å². The van der Waals surface area contributed by atoms with Gasteiger partial charge < -0.3 is 15.7 Å². The van der Waals surface area contributed by atoms with Gasteiger partial charge in [-0.25, -0.2) is 13.2 Å². The summed E-state index contributed by atoms with van der Waals surface area (Å²) in [4.78, 5) is 24.2. The summed E-state index contributed by atoms with van der Waals surface area (Å²) in [5.74, 6) is -3.06. The van der Waals surface area contributed by atoms with Crippen LogP contribution in [0.2, 0.25) is 0 Å². The molecule has 2 bridgehead atoms. The maximum Gasteiger partial charge on any atom is 0.490 e. The smallest absolute Gasteiger partial charge is 0.475 e. The van der Waals surface area contributed by atoms with E-state index in [-0.39, 0.29) is 10.8 Å². The highest BCUT2D eigenvalue weighted by molar-refractivity contribution is 7.90. The Kier molecular flexibility index (Phi) is 9.15. The molecule has 3 aromatic rings. The van der Waals surface area contributed by atoms with E-state index in [0.29, 0.717) is 24.2 Å². The number of rotatable bonds is 7. The average molecular weight is 590 g/mol. The molecular weight excluding hydrogens is 559 g/mol. The SMILES string of the molecule is CS(=O)(=O)c1cccc(C(=O)NCc2cccc(-c3cccc(CN4C[C@@H]5C[C@H]4CN5)c3)c2)c1.O=C(O)C(F)(F)F. The van der Waals surface area contributed by atoms with Crippen LogP contribution in [0.4, 0.5) is 13.2 Å². The quantitative estimate of drug-likeness (QED) is 0.383. The van der Waals surface area contributed by atoms with Crippen LogP contribution in [0.5, 0.6) is 0 Å². The van der Waals surface area contributed by atoms with Crippen LogP contribution >= 0.6 is 0 Å². The van der Waals surface area contributed by atoms with Gasteiger partial charge in [-0.3, -0.25) is 9.69 Å². The fourth-order valence-electron chi connectivity index (χ4n) is 4.94. The number of nitrogens with one attached hydrogen (secondary N) is 2. The van der Waals surface area contributed by atoms with E-state index in [1.165, 1.54) is 24.1 Å². The number of carbonyl (C=O) groups excluding carboxylic acids is 1. The summed E-state index contributed by atoms with van der Waals surface area (Å²) < 4.78 is 55.3. The van der Waals surface area contributed by atoms with Crippen molar-refractivity contribution in [2.24, 2.45) is 0 Å². The first kappa shape index (κ1) is 30.2. The summed E-state index contributed by atoms with van der Waals surface area (Å²) in [6.07, 6.45) is -2.69. The average Bonchev–Trinajstić information content (AvgIpc) is 3.55. The Morgan fingerprint density at radius 1 is 1.00 bits per heavy atom. The number of benzene rings is 3. The van der Waals surface area contributed by atoms with Crippen molar-refractivity contribution in [2.45, 2.75) is 42.7 Å². The number of hydrogen-bond donors (Lipinski definition) is 3. The zero-order valence-corrected chi connectivity index (χ0v) is 23.0. The molecule has 2 saturated heterocycles. The minimum atomic E-state index is -5.08. The van der Waals surface area contributed by atoms with Crippen LogP contribution in [-0.2, 0) is 27.7 Å². The van der Waals surface area contributed by atoms with Gasteiger partial charge in [0.25, 0.3) is 5.91 Å². The molecular formula is C29H30F3N3O5S. The van der Waals surface area contributed by atoms with Crippen LogP contribution in [0.1, 0.15) is 27.9 Å². The fourth-order valence-corrected chi connectivity index (χ4v) is 5.60. The zero-order valence-electron chi connectivity index (χ0n) is 22.2. The maximum atomic E-state index is 12.6. The number of amides is 1. The Balaban J connectivity index is 0.000000493. The molecule has 2 heterocycles. The Morgan fingerprint density at radius 2 is 1.61 bits per heavy atom. The van der Waals surface area contributed by atoms with Crippen molar-refractivity contribution in [3.05, 3.63) is 89.5 Å². The van der Waals surface area contributed by atoms with E-state index in [9.17, 15) is 26.4 Å².